The van der Waals surface area contributed by atoms with E-state index in [1.165, 1.54) is 18.2 Å². The first-order valence-corrected chi connectivity index (χ1v) is 11.3. The lowest BCUT2D eigenvalue weighted by molar-refractivity contribution is -0.385. The Kier molecular flexibility index (Phi) is 5.25. The van der Waals surface area contributed by atoms with E-state index in [0.717, 1.165) is 17.7 Å². The summed E-state index contributed by atoms with van der Waals surface area (Å²) in [4.78, 5) is 10.9. The molecule has 0 amide bonds. The van der Waals surface area contributed by atoms with Crippen LogP contribution in [-0.2, 0) is 10.0 Å². The quantitative estimate of drug-likeness (QED) is 0.365. The summed E-state index contributed by atoms with van der Waals surface area (Å²) in [7, 11) is -3.59. The highest BCUT2D eigenvalue weighted by atomic mass is 32.2. The van der Waals surface area contributed by atoms with Crippen molar-refractivity contribution in [1.29, 1.82) is 0 Å². The minimum Gasteiger partial charge on any atom is -0.508 e. The summed E-state index contributed by atoms with van der Waals surface area (Å²) in [6, 6.07) is 8.65. The number of phenols is 1. The third-order valence-electron chi connectivity index (χ3n) is 5.74. The summed E-state index contributed by atoms with van der Waals surface area (Å²) < 4.78 is 27.7. The first-order valence-electron chi connectivity index (χ1n) is 9.86. The van der Waals surface area contributed by atoms with E-state index in [-0.39, 0.29) is 34.2 Å². The van der Waals surface area contributed by atoms with E-state index >= 15 is 0 Å². The van der Waals surface area contributed by atoms with Crippen LogP contribution in [0.5, 0.6) is 5.75 Å². The van der Waals surface area contributed by atoms with Gasteiger partial charge in [-0.25, -0.2) is 13.1 Å². The van der Waals surface area contributed by atoms with Crippen molar-refractivity contribution in [3.05, 3.63) is 69.8 Å². The van der Waals surface area contributed by atoms with Crippen molar-refractivity contribution in [2.75, 3.05) is 11.9 Å². The van der Waals surface area contributed by atoms with Gasteiger partial charge in [-0.05, 0) is 48.6 Å². The summed E-state index contributed by atoms with van der Waals surface area (Å²) in [5.41, 5.74) is 2.01. The third kappa shape index (κ3) is 3.54. The first kappa shape index (κ1) is 20.4. The van der Waals surface area contributed by atoms with Crippen molar-refractivity contribution in [2.45, 2.75) is 36.6 Å². The van der Waals surface area contributed by atoms with Gasteiger partial charge in [0.05, 0.1) is 15.9 Å². The Morgan fingerprint density at radius 2 is 2.03 bits per heavy atom. The number of benzene rings is 2. The number of phenolic OH excluding ortho intramolecular Hbond substituents is 1. The highest BCUT2D eigenvalue weighted by Crippen LogP contribution is 2.51. The molecule has 3 atom stereocenters. The van der Waals surface area contributed by atoms with Gasteiger partial charge in [0, 0.05) is 35.8 Å². The van der Waals surface area contributed by atoms with Crippen molar-refractivity contribution in [3.8, 4) is 5.75 Å². The zero-order chi connectivity index (χ0) is 21.5. The van der Waals surface area contributed by atoms with Crippen molar-refractivity contribution in [2.24, 2.45) is 5.92 Å². The molecule has 2 aromatic rings. The van der Waals surface area contributed by atoms with Gasteiger partial charge in [0.15, 0.2) is 0 Å². The lowest BCUT2D eigenvalue weighted by Gasteiger charge is -2.37. The van der Waals surface area contributed by atoms with Gasteiger partial charge in [-0.2, -0.15) is 0 Å². The second-order valence-corrected chi connectivity index (χ2v) is 9.39. The van der Waals surface area contributed by atoms with E-state index in [0.29, 0.717) is 18.5 Å². The van der Waals surface area contributed by atoms with Crippen LogP contribution < -0.4 is 10.0 Å². The zero-order valence-corrected chi connectivity index (χ0v) is 17.2. The highest BCUT2D eigenvalue weighted by Gasteiger charge is 2.39. The number of hydrogen-bond donors (Lipinski definition) is 3. The lowest BCUT2D eigenvalue weighted by atomic mass is 9.77. The van der Waals surface area contributed by atoms with E-state index in [9.17, 15) is 23.6 Å². The average molecular weight is 429 g/mol. The molecule has 1 aliphatic heterocycles. The van der Waals surface area contributed by atoms with Crippen LogP contribution in [0.25, 0.3) is 0 Å². The number of fused-ring (bicyclic) bond motifs is 3. The smallest absolute Gasteiger partial charge is 0.270 e. The molecule has 3 unspecified atom stereocenters. The molecule has 8 nitrogen and oxygen atoms in total. The topological polar surface area (TPSA) is 122 Å². The molecular weight excluding hydrogens is 406 g/mol. The van der Waals surface area contributed by atoms with Gasteiger partial charge >= 0.3 is 0 Å². The number of nitrogens with zero attached hydrogens (tertiary/aromatic N) is 1. The molecule has 2 aromatic carbocycles. The van der Waals surface area contributed by atoms with E-state index < -0.39 is 14.9 Å². The van der Waals surface area contributed by atoms with E-state index in [4.69, 9.17) is 0 Å². The predicted octanol–water partition coefficient (Wildman–Crippen LogP) is 3.82. The number of nitro groups is 1. The van der Waals surface area contributed by atoms with Gasteiger partial charge in [0.2, 0.25) is 10.0 Å². The number of aromatic hydroxyl groups is 1. The van der Waals surface area contributed by atoms with Crippen molar-refractivity contribution in [1.82, 2.24) is 4.72 Å². The maximum atomic E-state index is 12.6. The van der Waals surface area contributed by atoms with Crippen LogP contribution in [-0.4, -0.2) is 25.0 Å². The number of rotatable bonds is 6. The van der Waals surface area contributed by atoms with Crippen molar-refractivity contribution in [3.63, 3.8) is 0 Å². The number of non-ortho nitro benzene ring substituents is 1. The van der Waals surface area contributed by atoms with Crippen molar-refractivity contribution >= 4 is 21.4 Å². The van der Waals surface area contributed by atoms with Crippen LogP contribution in [0.3, 0.4) is 0 Å². The molecule has 1 aliphatic carbocycles. The van der Waals surface area contributed by atoms with Gasteiger partial charge in [-0.1, -0.05) is 19.1 Å². The predicted molar refractivity (Wildman–Crippen MR) is 113 cm³/mol. The van der Waals surface area contributed by atoms with Gasteiger partial charge in [-0.15, -0.1) is 0 Å². The second-order valence-electron chi connectivity index (χ2n) is 7.62. The number of nitrogens with one attached hydrogen (secondary N) is 2. The van der Waals surface area contributed by atoms with Crippen LogP contribution in [0.15, 0.2) is 53.4 Å². The lowest BCUT2D eigenvalue weighted by Crippen LogP contribution is -2.30. The van der Waals surface area contributed by atoms with Gasteiger partial charge in [-0.3, -0.25) is 10.1 Å². The standard InChI is InChI=1S/C21H23N3O5S/c1-2-10-22-30(28,29)14-7-8-19-17(12-14)15-4-3-5-16(15)21(23-19)18-11-13(24(26)27)6-9-20(18)25/h3-4,6-9,11-12,15-16,21-23,25H,2,5,10H2,1H3. The van der Waals surface area contributed by atoms with Gasteiger partial charge in [0.25, 0.3) is 5.69 Å². The third-order valence-corrected chi connectivity index (χ3v) is 7.20. The maximum Gasteiger partial charge on any atom is 0.270 e. The largest absolute Gasteiger partial charge is 0.508 e. The molecule has 9 heteroatoms. The molecule has 158 valence electrons. The number of nitro benzene ring substituents is 1. The summed E-state index contributed by atoms with van der Waals surface area (Å²) >= 11 is 0. The molecular formula is C21H23N3O5S. The Labute approximate surface area is 174 Å². The fraction of sp³-hybridized carbons (Fsp3) is 0.333. The monoisotopic (exact) mass is 429 g/mol. The first-order chi connectivity index (χ1) is 14.3. The SMILES string of the molecule is CCCNS(=O)(=O)c1ccc2c(c1)C1C=CCC1C(c1cc([N+](=O)[O-])ccc1O)N2. The van der Waals surface area contributed by atoms with Crippen LogP contribution in [0.2, 0.25) is 0 Å². The molecule has 0 fully saturated rings. The fourth-order valence-corrected chi connectivity index (χ4v) is 5.44. The van der Waals surface area contributed by atoms with E-state index in [1.54, 1.807) is 18.2 Å². The van der Waals surface area contributed by atoms with E-state index in [2.05, 4.69) is 10.0 Å². The molecule has 0 saturated carbocycles. The zero-order valence-electron chi connectivity index (χ0n) is 16.4. The Hall–Kier alpha value is -2.91. The van der Waals surface area contributed by atoms with Crippen molar-refractivity contribution < 1.29 is 18.4 Å². The Bertz CT molecular complexity index is 1130. The minimum atomic E-state index is -3.59. The molecule has 2 aliphatic rings. The molecule has 0 spiro atoms. The highest BCUT2D eigenvalue weighted by molar-refractivity contribution is 7.89. The Morgan fingerprint density at radius 3 is 2.77 bits per heavy atom. The normalized spacial score (nSPS) is 22.2. The maximum absolute atomic E-state index is 12.6. The molecule has 0 radical (unpaired) electrons. The molecule has 1 heterocycles. The molecule has 0 bridgehead atoms. The number of allylic oxidation sites excluding steroid dienone is 2. The molecule has 4 rings (SSSR count). The minimum absolute atomic E-state index is 0.00448. The number of anilines is 1. The van der Waals surface area contributed by atoms with Crippen LogP contribution in [0.1, 0.15) is 42.9 Å². The fourth-order valence-electron chi connectivity index (χ4n) is 4.27. The summed E-state index contributed by atoms with van der Waals surface area (Å²) in [6.45, 7) is 2.27. The second kappa shape index (κ2) is 7.73. The molecule has 3 N–H and O–H groups in total. The summed E-state index contributed by atoms with van der Waals surface area (Å²) in [6.07, 6.45) is 5.49. The van der Waals surface area contributed by atoms with Crippen LogP contribution in [0.4, 0.5) is 11.4 Å². The van der Waals surface area contributed by atoms with Crippen LogP contribution >= 0.6 is 0 Å². The number of sulfonamides is 1. The van der Waals surface area contributed by atoms with Gasteiger partial charge < -0.3 is 10.4 Å². The molecule has 0 saturated heterocycles. The summed E-state index contributed by atoms with van der Waals surface area (Å²) in [5, 5.41) is 25.0. The molecule has 0 aromatic heterocycles. The molecule has 30 heavy (non-hydrogen) atoms. The average Bonchev–Trinajstić information content (AvgIpc) is 3.22. The van der Waals surface area contributed by atoms with Crippen LogP contribution in [0, 0.1) is 16.0 Å². The Morgan fingerprint density at radius 1 is 1.23 bits per heavy atom. The number of hydrogen-bond acceptors (Lipinski definition) is 6. The summed E-state index contributed by atoms with van der Waals surface area (Å²) in [5.74, 6) is -0.0478. The van der Waals surface area contributed by atoms with Gasteiger partial charge in [0.1, 0.15) is 5.75 Å². The van der Waals surface area contributed by atoms with E-state index in [1.807, 2.05) is 19.1 Å². The Balaban J connectivity index is 1.74.